The van der Waals surface area contributed by atoms with Crippen molar-refractivity contribution in [3.63, 3.8) is 0 Å². The highest BCUT2D eigenvalue weighted by atomic mass is 32.2. The molecule has 0 aliphatic carbocycles. The van der Waals surface area contributed by atoms with Crippen LogP contribution in [-0.2, 0) is 21.4 Å². The number of sulfonamides is 1. The van der Waals surface area contributed by atoms with Crippen LogP contribution in [-0.4, -0.2) is 30.2 Å². The number of hydrogen-bond donors (Lipinski definition) is 2. The van der Waals surface area contributed by atoms with Crippen LogP contribution in [0.25, 0.3) is 0 Å². The third kappa shape index (κ3) is 2.94. The number of nitrogens with zero attached hydrogens (tertiary/aromatic N) is 2. The van der Waals surface area contributed by atoms with Gasteiger partial charge in [0.25, 0.3) is 15.9 Å². The van der Waals surface area contributed by atoms with Crippen LogP contribution in [0.4, 0.5) is 11.5 Å². The Labute approximate surface area is 139 Å². The van der Waals surface area contributed by atoms with E-state index in [0.717, 1.165) is 5.69 Å². The highest BCUT2D eigenvalue weighted by Crippen LogP contribution is 2.32. The SMILES string of the molecule is CCn1nc(NS(=O)(=O)c2ccc3c(c2)O[C@@H](C)C(=O)N3)cc1C. The zero-order valence-electron chi connectivity index (χ0n) is 13.5. The molecule has 2 N–H and O–H groups in total. The summed E-state index contributed by atoms with van der Waals surface area (Å²) in [4.78, 5) is 11.6. The van der Waals surface area contributed by atoms with Crippen molar-refractivity contribution in [2.75, 3.05) is 10.0 Å². The molecule has 1 aromatic carbocycles. The molecule has 0 saturated carbocycles. The standard InChI is InChI=1S/C15H18N4O4S/c1-4-19-9(2)7-14(17-19)18-24(21,22)11-5-6-12-13(8-11)23-10(3)15(20)16-12/h5-8,10H,4H2,1-3H3,(H,16,20)(H,17,18)/t10-/m0/s1. The molecule has 0 fully saturated rings. The summed E-state index contributed by atoms with van der Waals surface area (Å²) < 4.78 is 34.7. The second kappa shape index (κ2) is 5.82. The lowest BCUT2D eigenvalue weighted by Gasteiger charge is -2.23. The Morgan fingerprint density at radius 3 is 2.79 bits per heavy atom. The summed E-state index contributed by atoms with van der Waals surface area (Å²) in [5.41, 5.74) is 1.31. The molecular formula is C15H18N4O4S. The van der Waals surface area contributed by atoms with Crippen molar-refractivity contribution in [1.29, 1.82) is 0 Å². The monoisotopic (exact) mass is 350 g/mol. The molecule has 0 unspecified atom stereocenters. The van der Waals surface area contributed by atoms with Gasteiger partial charge in [-0.15, -0.1) is 0 Å². The number of fused-ring (bicyclic) bond motifs is 1. The van der Waals surface area contributed by atoms with Gasteiger partial charge in [-0.2, -0.15) is 5.10 Å². The maximum atomic E-state index is 12.5. The maximum Gasteiger partial charge on any atom is 0.265 e. The first-order chi connectivity index (χ1) is 11.3. The van der Waals surface area contributed by atoms with Crippen molar-refractivity contribution in [2.45, 2.75) is 38.3 Å². The van der Waals surface area contributed by atoms with Crippen LogP contribution in [0.5, 0.6) is 5.75 Å². The van der Waals surface area contributed by atoms with E-state index < -0.39 is 16.1 Å². The van der Waals surface area contributed by atoms with E-state index >= 15 is 0 Å². The van der Waals surface area contributed by atoms with E-state index in [1.165, 1.54) is 18.2 Å². The van der Waals surface area contributed by atoms with Gasteiger partial charge in [-0.05, 0) is 32.9 Å². The normalized spacial score (nSPS) is 17.0. The number of ether oxygens (including phenoxy) is 1. The van der Waals surface area contributed by atoms with Gasteiger partial charge in [0.1, 0.15) is 5.75 Å². The zero-order chi connectivity index (χ0) is 17.5. The molecular weight excluding hydrogens is 332 g/mol. The van der Waals surface area contributed by atoms with Gasteiger partial charge >= 0.3 is 0 Å². The molecule has 3 rings (SSSR count). The number of aryl methyl sites for hydroxylation is 2. The predicted molar refractivity (Wildman–Crippen MR) is 88.6 cm³/mol. The summed E-state index contributed by atoms with van der Waals surface area (Å²) in [6.45, 7) is 6.02. The minimum atomic E-state index is -3.81. The lowest BCUT2D eigenvalue weighted by molar-refractivity contribution is -0.122. The third-order valence-corrected chi connectivity index (χ3v) is 5.07. The molecule has 24 heavy (non-hydrogen) atoms. The molecule has 0 bridgehead atoms. The number of carbonyl (C=O) groups excluding carboxylic acids is 1. The first kappa shape index (κ1) is 16.3. The van der Waals surface area contributed by atoms with Gasteiger partial charge in [-0.3, -0.25) is 14.2 Å². The summed E-state index contributed by atoms with van der Waals surface area (Å²) in [6, 6.07) is 5.96. The van der Waals surface area contributed by atoms with Crippen LogP contribution in [0.3, 0.4) is 0 Å². The number of carbonyl (C=O) groups is 1. The van der Waals surface area contributed by atoms with Crippen LogP contribution < -0.4 is 14.8 Å². The molecule has 2 aromatic rings. The summed E-state index contributed by atoms with van der Waals surface area (Å²) in [5, 5.41) is 6.85. The van der Waals surface area contributed by atoms with Crippen molar-refractivity contribution in [2.24, 2.45) is 0 Å². The summed E-state index contributed by atoms with van der Waals surface area (Å²) in [6.07, 6.45) is -0.675. The number of amides is 1. The predicted octanol–water partition coefficient (Wildman–Crippen LogP) is 1.73. The first-order valence-electron chi connectivity index (χ1n) is 7.49. The van der Waals surface area contributed by atoms with E-state index in [2.05, 4.69) is 15.1 Å². The number of aromatic nitrogens is 2. The van der Waals surface area contributed by atoms with Crippen molar-refractivity contribution in [3.8, 4) is 5.75 Å². The largest absolute Gasteiger partial charge is 0.479 e. The van der Waals surface area contributed by atoms with Gasteiger partial charge in [0.2, 0.25) is 0 Å². The molecule has 1 atom stereocenters. The summed E-state index contributed by atoms with van der Waals surface area (Å²) in [7, 11) is -3.81. The number of nitrogens with one attached hydrogen (secondary N) is 2. The second-order valence-corrected chi connectivity index (χ2v) is 7.18. The van der Waals surface area contributed by atoms with E-state index in [0.29, 0.717) is 18.0 Å². The van der Waals surface area contributed by atoms with E-state index in [4.69, 9.17) is 4.74 Å². The Bertz CT molecular complexity index is 904. The minimum absolute atomic E-state index is 0.0355. The Balaban J connectivity index is 1.90. The van der Waals surface area contributed by atoms with E-state index in [1.807, 2.05) is 13.8 Å². The van der Waals surface area contributed by atoms with E-state index in [1.54, 1.807) is 17.7 Å². The van der Waals surface area contributed by atoms with Crippen LogP contribution >= 0.6 is 0 Å². The summed E-state index contributed by atoms with van der Waals surface area (Å²) >= 11 is 0. The van der Waals surface area contributed by atoms with Gasteiger partial charge in [0.15, 0.2) is 11.9 Å². The van der Waals surface area contributed by atoms with E-state index in [9.17, 15) is 13.2 Å². The van der Waals surface area contributed by atoms with E-state index in [-0.39, 0.29) is 16.6 Å². The molecule has 1 aliphatic heterocycles. The van der Waals surface area contributed by atoms with Gasteiger partial charge < -0.3 is 10.1 Å². The van der Waals surface area contributed by atoms with Crippen molar-refractivity contribution < 1.29 is 17.9 Å². The quantitative estimate of drug-likeness (QED) is 0.874. The molecule has 128 valence electrons. The Hall–Kier alpha value is -2.55. The zero-order valence-corrected chi connectivity index (χ0v) is 14.3. The topological polar surface area (TPSA) is 102 Å². The van der Waals surface area contributed by atoms with Crippen molar-refractivity contribution in [1.82, 2.24) is 9.78 Å². The Morgan fingerprint density at radius 2 is 2.12 bits per heavy atom. The molecule has 1 aliphatic rings. The Kier molecular flexibility index (Phi) is 3.96. The lowest BCUT2D eigenvalue weighted by Crippen LogP contribution is -2.34. The lowest BCUT2D eigenvalue weighted by atomic mass is 10.2. The van der Waals surface area contributed by atoms with Gasteiger partial charge in [-0.1, -0.05) is 0 Å². The molecule has 1 aromatic heterocycles. The average Bonchev–Trinajstić information content (AvgIpc) is 2.86. The maximum absolute atomic E-state index is 12.5. The Morgan fingerprint density at radius 1 is 1.38 bits per heavy atom. The highest BCUT2D eigenvalue weighted by Gasteiger charge is 2.26. The molecule has 0 saturated heterocycles. The fraction of sp³-hybridized carbons (Fsp3) is 0.333. The molecule has 2 heterocycles. The fourth-order valence-electron chi connectivity index (χ4n) is 2.43. The van der Waals surface area contributed by atoms with Gasteiger partial charge in [0.05, 0.1) is 10.6 Å². The fourth-order valence-corrected chi connectivity index (χ4v) is 3.43. The molecule has 1 amide bonds. The van der Waals surface area contributed by atoms with Crippen molar-refractivity contribution in [3.05, 3.63) is 30.0 Å². The third-order valence-electron chi connectivity index (χ3n) is 3.71. The summed E-state index contributed by atoms with van der Waals surface area (Å²) in [5.74, 6) is 0.312. The van der Waals surface area contributed by atoms with Gasteiger partial charge in [-0.25, -0.2) is 8.42 Å². The van der Waals surface area contributed by atoms with Crippen LogP contribution in [0.2, 0.25) is 0 Å². The molecule has 0 spiro atoms. The first-order valence-corrected chi connectivity index (χ1v) is 8.97. The number of rotatable bonds is 4. The number of benzene rings is 1. The van der Waals surface area contributed by atoms with Crippen LogP contribution in [0.1, 0.15) is 19.5 Å². The highest BCUT2D eigenvalue weighted by molar-refractivity contribution is 7.92. The van der Waals surface area contributed by atoms with Crippen LogP contribution in [0.15, 0.2) is 29.2 Å². The van der Waals surface area contributed by atoms with Gasteiger partial charge in [0, 0.05) is 24.4 Å². The number of hydrogen-bond acceptors (Lipinski definition) is 5. The average molecular weight is 350 g/mol. The molecule has 9 heteroatoms. The van der Waals surface area contributed by atoms with Crippen molar-refractivity contribution >= 4 is 27.4 Å². The molecule has 8 nitrogen and oxygen atoms in total. The second-order valence-electron chi connectivity index (χ2n) is 5.50. The smallest absolute Gasteiger partial charge is 0.265 e. The molecule has 0 radical (unpaired) electrons. The minimum Gasteiger partial charge on any atom is -0.479 e. The number of anilines is 2. The van der Waals surface area contributed by atoms with Crippen LogP contribution in [0, 0.1) is 6.92 Å².